The Morgan fingerprint density at radius 2 is 2.23 bits per heavy atom. The molecule has 2 heterocycles. The third kappa shape index (κ3) is 3.26. The normalized spacial score (nSPS) is 23.5. The summed E-state index contributed by atoms with van der Waals surface area (Å²) in [5.74, 6) is 1.56. The van der Waals surface area contributed by atoms with Crippen molar-refractivity contribution >= 4 is 33.6 Å². The Bertz CT molecular complexity index is 686. The molecular formula is C17H20N2OS2. The second kappa shape index (κ2) is 5.80. The van der Waals surface area contributed by atoms with Crippen molar-refractivity contribution in [3.63, 3.8) is 0 Å². The highest BCUT2D eigenvalue weighted by atomic mass is 32.1. The van der Waals surface area contributed by atoms with Gasteiger partial charge in [-0.25, -0.2) is 0 Å². The molecule has 1 amide bonds. The van der Waals surface area contributed by atoms with E-state index in [2.05, 4.69) is 22.1 Å². The van der Waals surface area contributed by atoms with Crippen LogP contribution in [0.4, 0.5) is 5.00 Å². The van der Waals surface area contributed by atoms with E-state index in [1.807, 2.05) is 19.1 Å². The average Bonchev–Trinajstić information content (AvgIpc) is 3.38. The number of hydrogen-bond donors (Lipinski definition) is 2. The van der Waals surface area contributed by atoms with Crippen LogP contribution in [0.25, 0.3) is 0 Å². The minimum absolute atomic E-state index is 0.0150. The number of carbonyl (C=O) groups excluding carboxylic acids is 1. The van der Waals surface area contributed by atoms with E-state index in [9.17, 15) is 4.79 Å². The summed E-state index contributed by atoms with van der Waals surface area (Å²) in [6, 6.07) is 6.70. The van der Waals surface area contributed by atoms with Gasteiger partial charge >= 0.3 is 0 Å². The predicted octanol–water partition coefficient (Wildman–Crippen LogP) is 4.23. The topological polar surface area (TPSA) is 41.1 Å². The van der Waals surface area contributed by atoms with Crippen LogP contribution in [0.15, 0.2) is 23.6 Å². The molecule has 2 aromatic heterocycles. The van der Waals surface area contributed by atoms with Crippen LogP contribution in [0.3, 0.4) is 0 Å². The summed E-state index contributed by atoms with van der Waals surface area (Å²) in [6.07, 6.45) is 4.01. The molecule has 2 aromatic rings. The van der Waals surface area contributed by atoms with Crippen molar-refractivity contribution in [2.45, 2.75) is 38.1 Å². The SMILES string of the molecule is Cc1ccc(NC(=O)c2cc(C3CC3NCC3CC3)cs2)s1. The quantitative estimate of drug-likeness (QED) is 0.831. The Balaban J connectivity index is 1.34. The van der Waals surface area contributed by atoms with Crippen LogP contribution in [-0.4, -0.2) is 18.5 Å². The summed E-state index contributed by atoms with van der Waals surface area (Å²) < 4.78 is 0. The van der Waals surface area contributed by atoms with Crippen molar-refractivity contribution in [3.05, 3.63) is 38.9 Å². The fourth-order valence-electron chi connectivity index (χ4n) is 2.77. The summed E-state index contributed by atoms with van der Waals surface area (Å²) in [7, 11) is 0. The standard InChI is InChI=1S/C17H20N2OS2/c1-10-2-5-16(22-10)19-17(20)15-6-12(9-21-15)13-7-14(13)18-8-11-3-4-11/h2,5-6,9,11,13-14,18H,3-4,7-8H2,1H3,(H,19,20). The molecule has 22 heavy (non-hydrogen) atoms. The first-order chi connectivity index (χ1) is 10.7. The van der Waals surface area contributed by atoms with Crippen LogP contribution in [0, 0.1) is 12.8 Å². The molecular weight excluding hydrogens is 312 g/mol. The minimum atomic E-state index is 0.0150. The average molecular weight is 332 g/mol. The fourth-order valence-corrected chi connectivity index (χ4v) is 4.40. The Kier molecular flexibility index (Phi) is 3.80. The van der Waals surface area contributed by atoms with Crippen LogP contribution < -0.4 is 10.6 Å². The van der Waals surface area contributed by atoms with E-state index in [-0.39, 0.29) is 5.91 Å². The van der Waals surface area contributed by atoms with Gasteiger partial charge in [0, 0.05) is 16.8 Å². The largest absolute Gasteiger partial charge is 0.313 e. The minimum Gasteiger partial charge on any atom is -0.313 e. The van der Waals surface area contributed by atoms with Crippen molar-refractivity contribution < 1.29 is 4.79 Å². The zero-order valence-electron chi connectivity index (χ0n) is 12.6. The van der Waals surface area contributed by atoms with Gasteiger partial charge in [0.2, 0.25) is 0 Å². The molecule has 2 aliphatic carbocycles. The van der Waals surface area contributed by atoms with Crippen LogP contribution >= 0.6 is 22.7 Å². The maximum atomic E-state index is 12.3. The van der Waals surface area contributed by atoms with E-state index in [0.717, 1.165) is 15.8 Å². The number of carbonyl (C=O) groups is 1. The number of aryl methyl sites for hydroxylation is 1. The van der Waals surface area contributed by atoms with E-state index in [4.69, 9.17) is 0 Å². The number of nitrogens with one attached hydrogen (secondary N) is 2. The summed E-state index contributed by atoms with van der Waals surface area (Å²) in [4.78, 5) is 14.3. The second-order valence-electron chi connectivity index (χ2n) is 6.41. The molecule has 2 N–H and O–H groups in total. The fraction of sp³-hybridized carbons (Fsp3) is 0.471. The van der Waals surface area contributed by atoms with Crippen molar-refractivity contribution in [1.29, 1.82) is 0 Å². The van der Waals surface area contributed by atoms with Crippen molar-refractivity contribution in [1.82, 2.24) is 5.32 Å². The van der Waals surface area contributed by atoms with Gasteiger partial charge in [0.15, 0.2) is 0 Å². The zero-order chi connectivity index (χ0) is 15.1. The van der Waals surface area contributed by atoms with Gasteiger partial charge in [-0.05, 0) is 67.8 Å². The highest BCUT2D eigenvalue weighted by Crippen LogP contribution is 2.43. The number of amides is 1. The molecule has 2 saturated carbocycles. The number of anilines is 1. The Hall–Kier alpha value is -1.17. The molecule has 0 spiro atoms. The third-order valence-electron chi connectivity index (χ3n) is 4.40. The van der Waals surface area contributed by atoms with E-state index in [1.165, 1.54) is 36.2 Å². The molecule has 2 unspecified atom stereocenters. The summed E-state index contributed by atoms with van der Waals surface area (Å²) in [5, 5.41) is 9.71. The van der Waals surface area contributed by atoms with Crippen LogP contribution in [0.2, 0.25) is 0 Å². The monoisotopic (exact) mass is 332 g/mol. The third-order valence-corrected chi connectivity index (χ3v) is 6.27. The van der Waals surface area contributed by atoms with E-state index >= 15 is 0 Å². The lowest BCUT2D eigenvalue weighted by Gasteiger charge is -2.01. The molecule has 3 nitrogen and oxygen atoms in total. The van der Waals surface area contributed by atoms with E-state index in [0.29, 0.717) is 12.0 Å². The summed E-state index contributed by atoms with van der Waals surface area (Å²) in [5.41, 5.74) is 1.32. The number of thiophene rings is 2. The molecule has 2 fully saturated rings. The lowest BCUT2D eigenvalue weighted by atomic mass is 10.2. The van der Waals surface area contributed by atoms with Gasteiger partial charge in [-0.2, -0.15) is 0 Å². The predicted molar refractivity (Wildman–Crippen MR) is 93.2 cm³/mol. The second-order valence-corrected chi connectivity index (χ2v) is 8.61. The van der Waals surface area contributed by atoms with Gasteiger partial charge < -0.3 is 10.6 Å². The molecule has 0 radical (unpaired) electrons. The molecule has 116 valence electrons. The Morgan fingerprint density at radius 1 is 1.36 bits per heavy atom. The smallest absolute Gasteiger partial charge is 0.266 e. The van der Waals surface area contributed by atoms with Gasteiger partial charge in [-0.3, -0.25) is 4.79 Å². The molecule has 0 saturated heterocycles. The van der Waals surface area contributed by atoms with Gasteiger partial charge in [-0.15, -0.1) is 22.7 Å². The molecule has 2 aliphatic rings. The van der Waals surface area contributed by atoms with Crippen molar-refractivity contribution in [2.75, 3.05) is 11.9 Å². The Labute approximate surface area is 138 Å². The summed E-state index contributed by atoms with van der Waals surface area (Å²) in [6.45, 7) is 3.22. The molecule has 0 aromatic carbocycles. The van der Waals surface area contributed by atoms with Crippen molar-refractivity contribution in [3.8, 4) is 0 Å². The first kappa shape index (κ1) is 14.4. The number of rotatable bonds is 6. The highest BCUT2D eigenvalue weighted by molar-refractivity contribution is 7.16. The summed E-state index contributed by atoms with van der Waals surface area (Å²) >= 11 is 3.17. The maximum absolute atomic E-state index is 12.3. The maximum Gasteiger partial charge on any atom is 0.266 e. The molecule has 5 heteroatoms. The van der Waals surface area contributed by atoms with Gasteiger partial charge in [0.25, 0.3) is 5.91 Å². The van der Waals surface area contributed by atoms with E-state index in [1.54, 1.807) is 22.7 Å². The first-order valence-electron chi connectivity index (χ1n) is 7.88. The van der Waals surface area contributed by atoms with Gasteiger partial charge in [0.1, 0.15) is 0 Å². The van der Waals surface area contributed by atoms with Crippen LogP contribution in [0.1, 0.15) is 45.3 Å². The zero-order valence-corrected chi connectivity index (χ0v) is 14.2. The Morgan fingerprint density at radius 3 is 2.95 bits per heavy atom. The van der Waals surface area contributed by atoms with Gasteiger partial charge in [-0.1, -0.05) is 0 Å². The lowest BCUT2D eigenvalue weighted by Crippen LogP contribution is -2.20. The van der Waals surface area contributed by atoms with Gasteiger partial charge in [0.05, 0.1) is 9.88 Å². The highest BCUT2D eigenvalue weighted by Gasteiger charge is 2.39. The molecule has 4 rings (SSSR count). The molecule has 0 aliphatic heterocycles. The first-order valence-corrected chi connectivity index (χ1v) is 9.58. The van der Waals surface area contributed by atoms with Crippen LogP contribution in [-0.2, 0) is 0 Å². The lowest BCUT2D eigenvalue weighted by molar-refractivity contribution is 0.103. The van der Waals surface area contributed by atoms with E-state index < -0.39 is 0 Å². The molecule has 2 atom stereocenters. The number of hydrogen-bond acceptors (Lipinski definition) is 4. The van der Waals surface area contributed by atoms with Crippen LogP contribution in [0.5, 0.6) is 0 Å². The molecule has 0 bridgehead atoms. The van der Waals surface area contributed by atoms with Crippen molar-refractivity contribution in [2.24, 2.45) is 5.92 Å².